The molecule has 2 N–H and O–H groups in total. The van der Waals surface area contributed by atoms with Gasteiger partial charge >= 0.3 is 0 Å². The Kier molecular flexibility index (Phi) is 6.37. The monoisotopic (exact) mass is 367 g/mol. The van der Waals surface area contributed by atoms with E-state index < -0.39 is 10.0 Å². The van der Waals surface area contributed by atoms with Crippen molar-refractivity contribution >= 4 is 33.0 Å². The predicted molar refractivity (Wildman–Crippen MR) is 103 cm³/mol. The van der Waals surface area contributed by atoms with Crippen molar-refractivity contribution in [2.24, 2.45) is 11.8 Å². The molecule has 0 spiro atoms. The molecule has 0 amide bonds. The Labute approximate surface area is 150 Å². The van der Waals surface area contributed by atoms with Crippen LogP contribution in [0.5, 0.6) is 0 Å². The number of anilines is 1. The molecule has 0 radical (unpaired) electrons. The van der Waals surface area contributed by atoms with Crippen LogP contribution in [0.1, 0.15) is 20.3 Å². The molecule has 0 aromatic heterocycles. The van der Waals surface area contributed by atoms with Crippen LogP contribution >= 0.6 is 12.2 Å². The fourth-order valence-corrected chi connectivity index (χ4v) is 4.88. The zero-order valence-corrected chi connectivity index (χ0v) is 15.8. The largest absolute Gasteiger partial charge is 0.359 e. The molecule has 1 aliphatic rings. The predicted octanol–water partition coefficient (Wildman–Crippen LogP) is 2.83. The molecule has 132 valence electrons. The minimum Gasteiger partial charge on any atom is -0.359 e. The van der Waals surface area contributed by atoms with Crippen LogP contribution in [0.15, 0.2) is 41.8 Å². The van der Waals surface area contributed by atoms with Gasteiger partial charge in [-0.15, -0.1) is 6.58 Å². The van der Waals surface area contributed by atoms with Gasteiger partial charge in [-0.2, -0.15) is 4.31 Å². The van der Waals surface area contributed by atoms with E-state index in [0.717, 1.165) is 12.1 Å². The van der Waals surface area contributed by atoms with Gasteiger partial charge in [-0.05, 0) is 54.7 Å². The van der Waals surface area contributed by atoms with Crippen LogP contribution in [0.3, 0.4) is 0 Å². The third-order valence-corrected chi connectivity index (χ3v) is 6.08. The molecule has 2 atom stereocenters. The van der Waals surface area contributed by atoms with Gasteiger partial charge in [0.2, 0.25) is 10.0 Å². The van der Waals surface area contributed by atoms with E-state index in [1.54, 1.807) is 34.6 Å². The summed E-state index contributed by atoms with van der Waals surface area (Å²) in [6.45, 7) is 9.56. The molecule has 0 aliphatic carbocycles. The molecule has 7 heteroatoms. The van der Waals surface area contributed by atoms with Crippen molar-refractivity contribution in [3.63, 3.8) is 0 Å². The lowest BCUT2D eigenvalue weighted by molar-refractivity contribution is 0.222. The highest BCUT2D eigenvalue weighted by Gasteiger charge is 2.31. The first-order chi connectivity index (χ1) is 11.3. The van der Waals surface area contributed by atoms with Crippen LogP contribution in [-0.2, 0) is 10.0 Å². The summed E-state index contributed by atoms with van der Waals surface area (Å²) in [5.74, 6) is 0.774. The first kappa shape index (κ1) is 18.9. The van der Waals surface area contributed by atoms with E-state index in [9.17, 15) is 8.42 Å². The quantitative estimate of drug-likeness (QED) is 0.619. The average molecular weight is 368 g/mol. The number of thiocarbonyl (C=S) groups is 1. The third kappa shape index (κ3) is 4.78. The van der Waals surface area contributed by atoms with Gasteiger partial charge in [-0.3, -0.25) is 0 Å². The van der Waals surface area contributed by atoms with E-state index in [1.807, 2.05) is 0 Å². The molecular weight excluding hydrogens is 342 g/mol. The van der Waals surface area contributed by atoms with Gasteiger partial charge in [0.05, 0.1) is 4.90 Å². The van der Waals surface area contributed by atoms with Gasteiger partial charge in [0.25, 0.3) is 0 Å². The number of piperidine rings is 1. The summed E-state index contributed by atoms with van der Waals surface area (Å²) in [5, 5.41) is 6.45. The molecular formula is C17H25N3O2S2. The standard InChI is InChI=1S/C17H25N3O2S2/c1-4-9-18-17(23)19-15-5-7-16(8-6-15)24(21,22)20-11-13(2)10-14(3)12-20/h4-8,13-14H,1,9-12H2,2-3H3,(H2,18,19,23). The highest BCUT2D eigenvalue weighted by atomic mass is 32.2. The maximum atomic E-state index is 12.8. The Morgan fingerprint density at radius 2 is 1.88 bits per heavy atom. The summed E-state index contributed by atoms with van der Waals surface area (Å²) in [6.07, 6.45) is 2.79. The topological polar surface area (TPSA) is 61.4 Å². The average Bonchev–Trinajstić information content (AvgIpc) is 2.52. The van der Waals surface area contributed by atoms with Gasteiger partial charge in [0.15, 0.2) is 5.11 Å². The number of nitrogens with one attached hydrogen (secondary N) is 2. The number of hydrogen-bond donors (Lipinski definition) is 2. The van der Waals surface area contributed by atoms with E-state index in [-0.39, 0.29) is 0 Å². The Hall–Kier alpha value is -1.44. The molecule has 1 aromatic rings. The molecule has 5 nitrogen and oxygen atoms in total. The van der Waals surface area contributed by atoms with Crippen molar-refractivity contribution in [1.82, 2.24) is 9.62 Å². The molecule has 1 aromatic carbocycles. The van der Waals surface area contributed by atoms with E-state index in [0.29, 0.717) is 41.5 Å². The molecule has 0 saturated carbocycles. The molecule has 2 unspecified atom stereocenters. The molecule has 0 bridgehead atoms. The maximum absolute atomic E-state index is 12.8. The van der Waals surface area contributed by atoms with Gasteiger partial charge in [0.1, 0.15) is 0 Å². The van der Waals surface area contributed by atoms with E-state index in [2.05, 4.69) is 31.1 Å². The fraction of sp³-hybridized carbons (Fsp3) is 0.471. The highest BCUT2D eigenvalue weighted by molar-refractivity contribution is 7.89. The van der Waals surface area contributed by atoms with Crippen LogP contribution in [0.2, 0.25) is 0 Å². The first-order valence-corrected chi connectivity index (χ1v) is 9.93. The minimum atomic E-state index is -3.44. The number of hydrogen-bond acceptors (Lipinski definition) is 3. The number of sulfonamides is 1. The van der Waals surface area contributed by atoms with Crippen molar-refractivity contribution < 1.29 is 8.42 Å². The van der Waals surface area contributed by atoms with Crippen LogP contribution in [0.4, 0.5) is 5.69 Å². The second-order valence-corrected chi connectivity index (χ2v) is 8.76. The van der Waals surface area contributed by atoms with E-state index in [4.69, 9.17) is 12.2 Å². The lowest BCUT2D eigenvalue weighted by atomic mass is 9.94. The third-order valence-electron chi connectivity index (χ3n) is 3.99. The Bertz CT molecular complexity index is 676. The van der Waals surface area contributed by atoms with Gasteiger partial charge in [-0.1, -0.05) is 19.9 Å². The molecule has 2 rings (SSSR count). The second kappa shape index (κ2) is 8.09. The van der Waals surface area contributed by atoms with Crippen molar-refractivity contribution in [2.45, 2.75) is 25.2 Å². The molecule has 1 aliphatic heterocycles. The SMILES string of the molecule is C=CCNC(=S)Nc1ccc(S(=O)(=O)N2CC(C)CC(C)C2)cc1. The summed E-state index contributed by atoms with van der Waals surface area (Å²) >= 11 is 5.14. The van der Waals surface area contributed by atoms with Gasteiger partial charge in [-0.25, -0.2) is 8.42 Å². The number of benzene rings is 1. The first-order valence-electron chi connectivity index (χ1n) is 8.09. The van der Waals surface area contributed by atoms with Crippen molar-refractivity contribution in [3.8, 4) is 0 Å². The molecule has 24 heavy (non-hydrogen) atoms. The van der Waals surface area contributed by atoms with Gasteiger partial charge < -0.3 is 10.6 Å². The lowest BCUT2D eigenvalue weighted by Crippen LogP contribution is -2.42. The van der Waals surface area contributed by atoms with Crippen molar-refractivity contribution in [3.05, 3.63) is 36.9 Å². The number of nitrogens with zero attached hydrogens (tertiary/aromatic N) is 1. The van der Waals surface area contributed by atoms with E-state index >= 15 is 0 Å². The van der Waals surface area contributed by atoms with Crippen molar-refractivity contribution in [2.75, 3.05) is 25.0 Å². The normalized spacial score (nSPS) is 21.9. The van der Waals surface area contributed by atoms with Crippen LogP contribution in [-0.4, -0.2) is 37.5 Å². The van der Waals surface area contributed by atoms with E-state index in [1.165, 1.54) is 0 Å². The highest BCUT2D eigenvalue weighted by Crippen LogP contribution is 2.27. The molecule has 1 saturated heterocycles. The summed E-state index contributed by atoms with van der Waals surface area (Å²) < 4.78 is 27.2. The summed E-state index contributed by atoms with van der Waals surface area (Å²) in [4.78, 5) is 0.319. The Balaban J connectivity index is 2.08. The Morgan fingerprint density at radius 1 is 1.29 bits per heavy atom. The fourth-order valence-electron chi connectivity index (χ4n) is 3.00. The zero-order chi connectivity index (χ0) is 17.7. The Morgan fingerprint density at radius 3 is 2.42 bits per heavy atom. The zero-order valence-electron chi connectivity index (χ0n) is 14.2. The van der Waals surface area contributed by atoms with Crippen LogP contribution < -0.4 is 10.6 Å². The molecule has 1 heterocycles. The lowest BCUT2D eigenvalue weighted by Gasteiger charge is -2.34. The summed E-state index contributed by atoms with van der Waals surface area (Å²) in [6, 6.07) is 6.70. The summed E-state index contributed by atoms with van der Waals surface area (Å²) in [7, 11) is -3.44. The van der Waals surface area contributed by atoms with Crippen LogP contribution in [0, 0.1) is 11.8 Å². The summed E-state index contributed by atoms with van der Waals surface area (Å²) in [5.41, 5.74) is 0.746. The van der Waals surface area contributed by atoms with Crippen molar-refractivity contribution in [1.29, 1.82) is 0 Å². The smallest absolute Gasteiger partial charge is 0.243 e. The minimum absolute atomic E-state index is 0.319. The van der Waals surface area contributed by atoms with Gasteiger partial charge in [0, 0.05) is 25.3 Å². The molecule has 1 fully saturated rings. The number of rotatable bonds is 5. The maximum Gasteiger partial charge on any atom is 0.243 e. The van der Waals surface area contributed by atoms with Crippen LogP contribution in [0.25, 0.3) is 0 Å². The second-order valence-electron chi connectivity index (χ2n) is 6.42.